The fourth-order valence-electron chi connectivity index (χ4n) is 3.53. The zero-order valence-corrected chi connectivity index (χ0v) is 14.6. The molecule has 2 rings (SSSR count). The van der Waals surface area contributed by atoms with Crippen LogP contribution in [0.15, 0.2) is 0 Å². The third-order valence-electron chi connectivity index (χ3n) is 4.46. The molecule has 0 aromatic carbocycles. The number of ether oxygens (including phenoxy) is 2. The lowest BCUT2D eigenvalue weighted by molar-refractivity contribution is 0.0281. The summed E-state index contributed by atoms with van der Waals surface area (Å²) in [6, 6.07) is 0. The molecule has 1 amide bonds. The van der Waals surface area contributed by atoms with Crippen LogP contribution in [0.25, 0.3) is 0 Å². The van der Waals surface area contributed by atoms with Gasteiger partial charge >= 0.3 is 6.09 Å². The lowest BCUT2D eigenvalue weighted by atomic mass is 9.97. The SMILES string of the molecule is COC[C@H]1CCCN(C[C@H]2CCN(C(=O)OC(C)(C)C)C2)C1. The van der Waals surface area contributed by atoms with Gasteiger partial charge in [0, 0.05) is 33.3 Å². The summed E-state index contributed by atoms with van der Waals surface area (Å²) >= 11 is 0. The molecule has 2 aliphatic heterocycles. The van der Waals surface area contributed by atoms with Gasteiger partial charge in [0.1, 0.15) is 5.60 Å². The predicted molar refractivity (Wildman–Crippen MR) is 87.0 cm³/mol. The van der Waals surface area contributed by atoms with Crippen LogP contribution in [0.5, 0.6) is 0 Å². The second-order valence-corrected chi connectivity index (χ2v) is 7.80. The highest BCUT2D eigenvalue weighted by Gasteiger charge is 2.31. The lowest BCUT2D eigenvalue weighted by Gasteiger charge is -2.34. The fourth-order valence-corrected chi connectivity index (χ4v) is 3.53. The maximum atomic E-state index is 12.1. The summed E-state index contributed by atoms with van der Waals surface area (Å²) in [6.45, 7) is 11.7. The van der Waals surface area contributed by atoms with E-state index in [0.29, 0.717) is 11.8 Å². The van der Waals surface area contributed by atoms with Crippen molar-refractivity contribution in [1.82, 2.24) is 9.80 Å². The highest BCUT2D eigenvalue weighted by molar-refractivity contribution is 5.68. The van der Waals surface area contributed by atoms with E-state index in [2.05, 4.69) is 4.90 Å². The molecule has 2 aliphatic rings. The Hall–Kier alpha value is -0.810. The molecule has 2 saturated heterocycles. The van der Waals surface area contributed by atoms with E-state index in [4.69, 9.17) is 9.47 Å². The first-order valence-corrected chi connectivity index (χ1v) is 8.56. The van der Waals surface area contributed by atoms with E-state index >= 15 is 0 Å². The number of methoxy groups -OCH3 is 1. The van der Waals surface area contributed by atoms with Gasteiger partial charge in [-0.05, 0) is 58.4 Å². The minimum Gasteiger partial charge on any atom is -0.444 e. The second kappa shape index (κ2) is 7.64. The average molecular weight is 312 g/mol. The van der Waals surface area contributed by atoms with Crippen molar-refractivity contribution in [2.45, 2.75) is 45.6 Å². The molecular weight excluding hydrogens is 280 g/mol. The van der Waals surface area contributed by atoms with E-state index in [1.165, 1.54) is 19.4 Å². The van der Waals surface area contributed by atoms with Crippen LogP contribution in [0.4, 0.5) is 4.79 Å². The Morgan fingerprint density at radius 1 is 1.14 bits per heavy atom. The van der Waals surface area contributed by atoms with Gasteiger partial charge in [-0.25, -0.2) is 4.79 Å². The summed E-state index contributed by atoms with van der Waals surface area (Å²) < 4.78 is 10.8. The molecule has 0 aromatic heterocycles. The van der Waals surface area contributed by atoms with Gasteiger partial charge in [0.05, 0.1) is 6.61 Å². The quantitative estimate of drug-likeness (QED) is 0.800. The van der Waals surface area contributed by atoms with Crippen LogP contribution < -0.4 is 0 Å². The van der Waals surface area contributed by atoms with Crippen molar-refractivity contribution in [3.63, 3.8) is 0 Å². The lowest BCUT2D eigenvalue weighted by Crippen LogP contribution is -2.41. The van der Waals surface area contributed by atoms with Crippen molar-refractivity contribution in [2.75, 3.05) is 46.4 Å². The molecule has 0 bridgehead atoms. The smallest absolute Gasteiger partial charge is 0.410 e. The number of hydrogen-bond acceptors (Lipinski definition) is 4. The van der Waals surface area contributed by atoms with Crippen LogP contribution in [0.3, 0.4) is 0 Å². The van der Waals surface area contributed by atoms with Gasteiger partial charge in [-0.15, -0.1) is 0 Å². The van der Waals surface area contributed by atoms with Crippen LogP contribution in [0.1, 0.15) is 40.0 Å². The molecule has 0 N–H and O–H groups in total. The number of rotatable bonds is 4. The first kappa shape index (κ1) is 17.5. The highest BCUT2D eigenvalue weighted by atomic mass is 16.6. The largest absolute Gasteiger partial charge is 0.444 e. The zero-order valence-electron chi connectivity index (χ0n) is 14.6. The van der Waals surface area contributed by atoms with Crippen molar-refractivity contribution in [1.29, 1.82) is 0 Å². The van der Waals surface area contributed by atoms with Gasteiger partial charge < -0.3 is 19.3 Å². The summed E-state index contributed by atoms with van der Waals surface area (Å²) in [6.07, 6.45) is 3.46. The third kappa shape index (κ3) is 5.43. The summed E-state index contributed by atoms with van der Waals surface area (Å²) in [4.78, 5) is 16.5. The first-order chi connectivity index (χ1) is 10.4. The van der Waals surface area contributed by atoms with Crippen LogP contribution in [0, 0.1) is 11.8 Å². The van der Waals surface area contributed by atoms with Gasteiger partial charge in [-0.1, -0.05) is 0 Å². The number of piperidine rings is 1. The minimum absolute atomic E-state index is 0.161. The van der Waals surface area contributed by atoms with Gasteiger partial charge in [-0.2, -0.15) is 0 Å². The third-order valence-corrected chi connectivity index (χ3v) is 4.46. The zero-order chi connectivity index (χ0) is 16.2. The molecule has 128 valence electrons. The van der Waals surface area contributed by atoms with Crippen molar-refractivity contribution >= 4 is 6.09 Å². The molecule has 0 radical (unpaired) electrons. The standard InChI is InChI=1S/C17H32N2O3/c1-17(2,3)22-16(20)19-9-7-14(12-19)10-18-8-5-6-15(11-18)13-21-4/h14-15H,5-13H2,1-4H3/t14-,15+/m1/s1. The maximum absolute atomic E-state index is 12.1. The summed E-state index contributed by atoms with van der Waals surface area (Å²) in [5.41, 5.74) is -0.407. The van der Waals surface area contributed by atoms with Crippen molar-refractivity contribution < 1.29 is 14.3 Å². The van der Waals surface area contributed by atoms with Gasteiger partial charge in [0.2, 0.25) is 0 Å². The molecular formula is C17H32N2O3. The molecule has 2 heterocycles. The number of carbonyl (C=O) groups excluding carboxylic acids is 1. The summed E-state index contributed by atoms with van der Waals surface area (Å²) in [5.74, 6) is 1.25. The van der Waals surface area contributed by atoms with E-state index in [9.17, 15) is 4.79 Å². The van der Waals surface area contributed by atoms with E-state index in [-0.39, 0.29) is 6.09 Å². The van der Waals surface area contributed by atoms with Crippen molar-refractivity contribution in [2.24, 2.45) is 11.8 Å². The van der Waals surface area contributed by atoms with E-state index < -0.39 is 5.60 Å². The topological polar surface area (TPSA) is 42.0 Å². The number of nitrogens with zero attached hydrogens (tertiary/aromatic N) is 2. The highest BCUT2D eigenvalue weighted by Crippen LogP contribution is 2.23. The van der Waals surface area contributed by atoms with Gasteiger partial charge in [-0.3, -0.25) is 0 Å². The molecule has 0 aliphatic carbocycles. The Morgan fingerprint density at radius 2 is 1.91 bits per heavy atom. The van der Waals surface area contributed by atoms with Crippen LogP contribution in [-0.4, -0.2) is 67.9 Å². The molecule has 5 heteroatoms. The average Bonchev–Trinajstić information content (AvgIpc) is 2.86. The molecule has 2 atom stereocenters. The Labute approximate surface area is 134 Å². The molecule has 0 spiro atoms. The van der Waals surface area contributed by atoms with Gasteiger partial charge in [0.25, 0.3) is 0 Å². The normalized spacial score (nSPS) is 27.2. The summed E-state index contributed by atoms with van der Waals surface area (Å²) in [7, 11) is 1.79. The Balaban J connectivity index is 1.75. The molecule has 5 nitrogen and oxygen atoms in total. The predicted octanol–water partition coefficient (Wildman–Crippen LogP) is 2.60. The number of hydrogen-bond donors (Lipinski definition) is 0. The molecule has 2 fully saturated rings. The van der Waals surface area contributed by atoms with Crippen LogP contribution in [-0.2, 0) is 9.47 Å². The van der Waals surface area contributed by atoms with Crippen molar-refractivity contribution in [3.8, 4) is 0 Å². The van der Waals surface area contributed by atoms with E-state index in [1.807, 2.05) is 25.7 Å². The first-order valence-electron chi connectivity index (χ1n) is 8.56. The Morgan fingerprint density at radius 3 is 2.59 bits per heavy atom. The van der Waals surface area contributed by atoms with Crippen molar-refractivity contribution in [3.05, 3.63) is 0 Å². The molecule has 0 unspecified atom stereocenters. The summed E-state index contributed by atoms with van der Waals surface area (Å²) in [5, 5.41) is 0. The van der Waals surface area contributed by atoms with Gasteiger partial charge in [0.15, 0.2) is 0 Å². The van der Waals surface area contributed by atoms with E-state index in [1.54, 1.807) is 7.11 Å². The monoisotopic (exact) mass is 312 g/mol. The van der Waals surface area contributed by atoms with E-state index in [0.717, 1.165) is 39.2 Å². The second-order valence-electron chi connectivity index (χ2n) is 7.80. The molecule has 22 heavy (non-hydrogen) atoms. The maximum Gasteiger partial charge on any atom is 0.410 e. The Bertz CT molecular complexity index is 365. The molecule has 0 aromatic rings. The number of likely N-dealkylation sites (tertiary alicyclic amines) is 2. The van der Waals surface area contributed by atoms with Crippen LogP contribution in [0.2, 0.25) is 0 Å². The molecule has 0 saturated carbocycles. The minimum atomic E-state index is -0.407. The fraction of sp³-hybridized carbons (Fsp3) is 0.941. The van der Waals surface area contributed by atoms with Crippen LogP contribution >= 0.6 is 0 Å². The number of amides is 1. The number of carbonyl (C=O) groups is 1. The Kier molecular flexibility index (Phi) is 6.09.